The SMILES string of the molecule is CCCOC(=O)Oc1ccc(C[C@H](N)C(=O)OC[C@H](C)OC(=O)CC(C)CC)cc1OC(=O)OCCC. The summed E-state index contributed by atoms with van der Waals surface area (Å²) in [4.78, 5) is 48.1. The topological polar surface area (TPSA) is 150 Å². The van der Waals surface area contributed by atoms with Gasteiger partial charge in [0.2, 0.25) is 0 Å². The van der Waals surface area contributed by atoms with Crippen LogP contribution < -0.4 is 15.2 Å². The Bertz CT molecular complexity index is 888. The zero-order chi connectivity index (χ0) is 27.8. The number of carbonyl (C=O) groups is 4. The molecule has 1 unspecified atom stereocenters. The molecule has 3 atom stereocenters. The molecule has 0 fully saturated rings. The molecule has 37 heavy (non-hydrogen) atoms. The highest BCUT2D eigenvalue weighted by Crippen LogP contribution is 2.30. The maximum atomic E-state index is 12.4. The van der Waals surface area contributed by atoms with Crippen molar-refractivity contribution in [3.05, 3.63) is 23.8 Å². The van der Waals surface area contributed by atoms with Crippen molar-refractivity contribution < 1.29 is 47.6 Å². The first-order valence-corrected chi connectivity index (χ1v) is 12.5. The van der Waals surface area contributed by atoms with E-state index >= 15 is 0 Å². The van der Waals surface area contributed by atoms with E-state index in [4.69, 9.17) is 34.2 Å². The third-order valence-electron chi connectivity index (χ3n) is 5.01. The summed E-state index contributed by atoms with van der Waals surface area (Å²) in [5, 5.41) is 0. The first-order chi connectivity index (χ1) is 17.6. The molecule has 2 N–H and O–H groups in total. The molecule has 0 saturated carbocycles. The lowest BCUT2D eigenvalue weighted by atomic mass is 10.1. The summed E-state index contributed by atoms with van der Waals surface area (Å²) in [5.41, 5.74) is 6.50. The molecule has 0 aliphatic carbocycles. The van der Waals surface area contributed by atoms with Crippen molar-refractivity contribution >= 4 is 24.2 Å². The van der Waals surface area contributed by atoms with Gasteiger partial charge < -0.3 is 34.2 Å². The van der Waals surface area contributed by atoms with Crippen LogP contribution in [-0.2, 0) is 35.0 Å². The molecule has 0 heterocycles. The summed E-state index contributed by atoms with van der Waals surface area (Å²) < 4.78 is 30.6. The van der Waals surface area contributed by atoms with E-state index in [1.807, 2.05) is 27.7 Å². The quantitative estimate of drug-likeness (QED) is 0.198. The van der Waals surface area contributed by atoms with Crippen molar-refractivity contribution in [1.82, 2.24) is 0 Å². The Kier molecular flexibility index (Phi) is 14.7. The van der Waals surface area contributed by atoms with Crippen LogP contribution in [-0.4, -0.2) is 56.2 Å². The van der Waals surface area contributed by atoms with Gasteiger partial charge in [-0.05, 0) is 49.8 Å². The van der Waals surface area contributed by atoms with E-state index in [9.17, 15) is 19.2 Å². The molecule has 1 rings (SSSR count). The van der Waals surface area contributed by atoms with Crippen molar-refractivity contribution in [3.8, 4) is 11.5 Å². The second-order valence-electron chi connectivity index (χ2n) is 8.64. The molecule has 11 heteroatoms. The summed E-state index contributed by atoms with van der Waals surface area (Å²) in [6, 6.07) is 3.30. The molecule has 0 spiro atoms. The minimum atomic E-state index is -1.05. The average Bonchev–Trinajstić information content (AvgIpc) is 2.85. The second kappa shape index (κ2) is 17.2. The Balaban J connectivity index is 2.78. The largest absolute Gasteiger partial charge is 0.513 e. The number of ether oxygens (including phenoxy) is 6. The highest BCUT2D eigenvalue weighted by molar-refractivity contribution is 5.76. The van der Waals surface area contributed by atoms with Crippen LogP contribution in [0.15, 0.2) is 18.2 Å². The minimum absolute atomic E-state index is 0.0297. The summed E-state index contributed by atoms with van der Waals surface area (Å²) in [5.74, 6) is -1.01. The summed E-state index contributed by atoms with van der Waals surface area (Å²) in [7, 11) is 0. The van der Waals surface area contributed by atoms with E-state index in [-0.39, 0.29) is 49.6 Å². The Morgan fingerprint density at radius 2 is 1.46 bits per heavy atom. The van der Waals surface area contributed by atoms with Crippen LogP contribution in [0.25, 0.3) is 0 Å². The molecule has 0 aliphatic rings. The number of nitrogens with two attached hydrogens (primary N) is 1. The molecule has 0 bridgehead atoms. The van der Waals surface area contributed by atoms with Gasteiger partial charge in [0.1, 0.15) is 18.8 Å². The van der Waals surface area contributed by atoms with Gasteiger partial charge in [-0.1, -0.05) is 40.2 Å². The van der Waals surface area contributed by atoms with Gasteiger partial charge in [0.15, 0.2) is 11.5 Å². The molecule has 208 valence electrons. The second-order valence-corrected chi connectivity index (χ2v) is 8.64. The van der Waals surface area contributed by atoms with E-state index < -0.39 is 30.4 Å². The monoisotopic (exact) mass is 525 g/mol. The fourth-order valence-electron chi connectivity index (χ4n) is 2.83. The smallest absolute Gasteiger partial charge is 0.461 e. The van der Waals surface area contributed by atoms with E-state index in [0.29, 0.717) is 24.8 Å². The van der Waals surface area contributed by atoms with Crippen LogP contribution >= 0.6 is 0 Å². The maximum Gasteiger partial charge on any atom is 0.513 e. The van der Waals surface area contributed by atoms with E-state index in [2.05, 4.69) is 0 Å². The Labute approximate surface area is 217 Å². The molecule has 0 aliphatic heterocycles. The van der Waals surface area contributed by atoms with E-state index in [1.165, 1.54) is 12.1 Å². The van der Waals surface area contributed by atoms with E-state index in [1.54, 1.807) is 13.0 Å². The maximum absolute atomic E-state index is 12.4. The van der Waals surface area contributed by atoms with Crippen LogP contribution in [0.2, 0.25) is 0 Å². The molecule has 0 amide bonds. The normalized spacial score (nSPS) is 13.0. The van der Waals surface area contributed by atoms with E-state index in [0.717, 1.165) is 6.42 Å². The lowest BCUT2D eigenvalue weighted by Gasteiger charge is -2.17. The van der Waals surface area contributed by atoms with Gasteiger partial charge in [-0.3, -0.25) is 9.59 Å². The number of rotatable bonds is 15. The average molecular weight is 526 g/mol. The van der Waals surface area contributed by atoms with Crippen molar-refractivity contribution in [2.75, 3.05) is 19.8 Å². The van der Waals surface area contributed by atoms with Crippen LogP contribution in [0, 0.1) is 5.92 Å². The van der Waals surface area contributed by atoms with Crippen LogP contribution in [0.4, 0.5) is 9.59 Å². The number of esters is 2. The van der Waals surface area contributed by atoms with Gasteiger partial charge in [0.25, 0.3) is 0 Å². The molecular formula is C26H39NO10. The zero-order valence-electron chi connectivity index (χ0n) is 22.3. The van der Waals surface area contributed by atoms with Gasteiger partial charge in [-0.15, -0.1) is 0 Å². The lowest BCUT2D eigenvalue weighted by molar-refractivity contribution is -0.159. The molecule has 11 nitrogen and oxygen atoms in total. The molecule has 1 aromatic rings. The third-order valence-corrected chi connectivity index (χ3v) is 5.01. The van der Waals surface area contributed by atoms with Gasteiger partial charge in [-0.25, -0.2) is 9.59 Å². The van der Waals surface area contributed by atoms with Gasteiger partial charge in [-0.2, -0.15) is 0 Å². The lowest BCUT2D eigenvalue weighted by Crippen LogP contribution is -2.36. The van der Waals surface area contributed by atoms with Gasteiger partial charge >= 0.3 is 24.2 Å². The predicted octanol–water partition coefficient (Wildman–Crippen LogP) is 4.32. The third kappa shape index (κ3) is 13.0. The van der Waals surface area contributed by atoms with Crippen molar-refractivity contribution in [2.45, 2.75) is 78.9 Å². The molecule has 0 saturated heterocycles. The molecule has 0 aromatic heterocycles. The van der Waals surface area contributed by atoms with Crippen molar-refractivity contribution in [3.63, 3.8) is 0 Å². The summed E-state index contributed by atoms with van der Waals surface area (Å²) in [6.45, 7) is 9.39. The highest BCUT2D eigenvalue weighted by atomic mass is 16.7. The Hall–Kier alpha value is -3.34. The van der Waals surface area contributed by atoms with Crippen LogP contribution in [0.3, 0.4) is 0 Å². The predicted molar refractivity (Wildman–Crippen MR) is 133 cm³/mol. The first kappa shape index (κ1) is 31.7. The van der Waals surface area contributed by atoms with Crippen LogP contribution in [0.5, 0.6) is 11.5 Å². The van der Waals surface area contributed by atoms with Crippen LogP contribution in [0.1, 0.15) is 65.9 Å². The Morgan fingerprint density at radius 1 is 0.865 bits per heavy atom. The number of hydrogen-bond acceptors (Lipinski definition) is 11. The molecule has 1 aromatic carbocycles. The summed E-state index contributed by atoms with van der Waals surface area (Å²) in [6.07, 6.45) is -0.181. The fourth-order valence-corrected chi connectivity index (χ4v) is 2.83. The van der Waals surface area contributed by atoms with Crippen molar-refractivity contribution in [2.24, 2.45) is 11.7 Å². The number of benzene rings is 1. The first-order valence-electron chi connectivity index (χ1n) is 12.5. The van der Waals surface area contributed by atoms with Gasteiger partial charge in [0.05, 0.1) is 13.2 Å². The zero-order valence-corrected chi connectivity index (χ0v) is 22.3. The standard InChI is InChI=1S/C26H39NO10/c1-6-11-32-25(30)36-21-10-9-19(15-22(21)37-26(31)33-12-7-2)14-20(27)24(29)34-16-18(5)35-23(28)13-17(4)8-3/h9-10,15,17-18,20H,6-8,11-14,16,27H2,1-5H3/t17?,18-,20-/m0/s1. The van der Waals surface area contributed by atoms with Gasteiger partial charge in [0, 0.05) is 6.42 Å². The molecular weight excluding hydrogens is 486 g/mol. The number of carbonyl (C=O) groups excluding carboxylic acids is 4. The van der Waals surface area contributed by atoms with Crippen molar-refractivity contribution in [1.29, 1.82) is 0 Å². The summed E-state index contributed by atoms with van der Waals surface area (Å²) >= 11 is 0. The molecule has 0 radical (unpaired) electrons. The number of hydrogen-bond donors (Lipinski definition) is 1. The Morgan fingerprint density at radius 3 is 2.03 bits per heavy atom. The minimum Gasteiger partial charge on any atom is -0.461 e. The highest BCUT2D eigenvalue weighted by Gasteiger charge is 2.21. The fraction of sp³-hybridized carbons (Fsp3) is 0.615.